The van der Waals surface area contributed by atoms with Gasteiger partial charge in [0.2, 0.25) is 0 Å². The number of hydrogen-bond donors (Lipinski definition) is 10. The van der Waals surface area contributed by atoms with Crippen LogP contribution in [-0.2, 0) is 16.1 Å². The summed E-state index contributed by atoms with van der Waals surface area (Å²) in [7, 11) is 0. The molecule has 10 N–H and O–H groups in total. The number of alkyl carbamates (subject to hydrolysis) is 1. The molecule has 13 nitrogen and oxygen atoms in total. The van der Waals surface area contributed by atoms with E-state index < -0.39 is 6.09 Å². The Morgan fingerprint density at radius 3 is 0.914 bits per heavy atom. The van der Waals surface area contributed by atoms with E-state index in [1.54, 1.807) is 0 Å². The number of hydrogen-bond acceptors (Lipinski definition) is 12. The summed E-state index contributed by atoms with van der Waals surface area (Å²) in [5.74, 6) is 0.388. The van der Waals surface area contributed by atoms with Crippen LogP contribution in [0, 0.1) is 21.7 Å². The average molecular weight is 1310 g/mol. The van der Waals surface area contributed by atoms with Crippen molar-refractivity contribution in [2.45, 2.75) is 321 Å². The Balaban J connectivity index is 1.65. The molecule has 3 rings (SSSR count). The van der Waals surface area contributed by atoms with Crippen LogP contribution in [0.4, 0.5) is 4.79 Å². The van der Waals surface area contributed by atoms with Gasteiger partial charge >= 0.3 is 6.09 Å². The molecule has 1 amide bonds. The smallest absolute Gasteiger partial charge is 0.407 e. The Hall–Kier alpha value is -3.24. The van der Waals surface area contributed by atoms with E-state index in [9.17, 15) is 55.5 Å². The standard InChI is InChI=1S/C80H139NO12/c82-59-28-48-77(49-29-60-83,50-30-61-84)42-21-9-1-3-11-23-44-79(46-25-13-5-6-14-26-47-80(57-67-90,54-34-65-88)55-35-66-89,45-24-12-4-2-10-22-43-78(51-31-62-85,52-32-63-86)53-33-64-87)56-41-72(91)38-16-8-7-15-27-58-81-76(92)93-69-75-73-39-19-17-36-70(73)68-71-37-18-20-40-74(71)75/h17-20,36-37,39-40,68,82-90H,1-16,21-35,38,41-67,69H2,(H,81,92). The summed E-state index contributed by atoms with van der Waals surface area (Å²) in [4.78, 5) is 26.9. The van der Waals surface area contributed by atoms with Crippen molar-refractivity contribution < 1.29 is 60.3 Å². The molecule has 13 heteroatoms. The molecule has 536 valence electrons. The molecule has 3 aromatic rings. The Bertz CT molecular complexity index is 2120. The van der Waals surface area contributed by atoms with Crippen LogP contribution in [0.25, 0.3) is 21.5 Å². The molecule has 0 spiro atoms. The lowest BCUT2D eigenvalue weighted by Crippen LogP contribution is -2.25. The van der Waals surface area contributed by atoms with Crippen molar-refractivity contribution >= 4 is 33.4 Å². The number of rotatable bonds is 66. The summed E-state index contributed by atoms with van der Waals surface area (Å²) < 4.78 is 5.77. The molecule has 0 saturated carbocycles. The number of Topliss-reactive ketones (excluding diaryl/α,β-unsaturated/α-hetero) is 1. The topological polar surface area (TPSA) is 237 Å². The minimum atomic E-state index is -0.403. The largest absolute Gasteiger partial charge is 0.445 e. The first-order valence-electron chi connectivity index (χ1n) is 38.3. The fourth-order valence-corrected chi connectivity index (χ4v) is 16.1. The zero-order chi connectivity index (χ0) is 67.2. The first-order valence-corrected chi connectivity index (χ1v) is 38.3. The molecule has 0 radical (unpaired) electrons. The third kappa shape index (κ3) is 36.3. The van der Waals surface area contributed by atoms with Crippen LogP contribution in [0.5, 0.6) is 0 Å². The fraction of sp³-hybridized carbons (Fsp3) is 0.800. The van der Waals surface area contributed by atoms with Crippen LogP contribution in [0.15, 0.2) is 54.6 Å². The highest BCUT2D eigenvalue weighted by Crippen LogP contribution is 2.45. The molecular weight excluding hydrogens is 1170 g/mol. The Kier molecular flexibility index (Phi) is 48.6. The van der Waals surface area contributed by atoms with Gasteiger partial charge in [-0.3, -0.25) is 4.79 Å². The third-order valence-electron chi connectivity index (χ3n) is 21.6. The molecule has 3 aromatic carbocycles. The SMILES string of the molecule is O=C(CCCCCCCNC(=O)OCc1c2ccccc2cc2ccccc12)CCC(CCCCCCCCC(CCO)(CCCO)CCCO)(CCCCCCCCC(CCCO)(CCCO)CCCO)CCCCCCCCC(CCCO)(CCCO)CCCO. The van der Waals surface area contributed by atoms with Gasteiger partial charge in [-0.2, -0.15) is 0 Å². The van der Waals surface area contributed by atoms with Crippen molar-refractivity contribution in [2.24, 2.45) is 21.7 Å². The Morgan fingerprint density at radius 2 is 0.581 bits per heavy atom. The second-order valence-electron chi connectivity index (χ2n) is 28.8. The second-order valence-corrected chi connectivity index (χ2v) is 28.8. The molecular formula is C80H139NO12. The average Bonchev–Trinajstić information content (AvgIpc) is 0.798. The minimum Gasteiger partial charge on any atom is -0.445 e. The van der Waals surface area contributed by atoms with E-state index in [1.165, 1.54) is 77.0 Å². The van der Waals surface area contributed by atoms with Crippen LogP contribution in [0.1, 0.15) is 320 Å². The lowest BCUT2D eigenvalue weighted by molar-refractivity contribution is -0.120. The van der Waals surface area contributed by atoms with Gasteiger partial charge in [-0.05, 0) is 216 Å². The summed E-state index contributed by atoms with van der Waals surface area (Å²) in [5.41, 5.74) is 1.25. The quantitative estimate of drug-likeness (QED) is 0.0188. The summed E-state index contributed by atoms with van der Waals surface area (Å²) >= 11 is 0. The second kappa shape index (κ2) is 53.8. The number of carbonyl (C=O) groups excluding carboxylic acids is 2. The van der Waals surface area contributed by atoms with E-state index in [-0.39, 0.29) is 87.7 Å². The van der Waals surface area contributed by atoms with E-state index in [0.717, 1.165) is 252 Å². The number of aliphatic hydroxyl groups excluding tert-OH is 9. The number of ketones is 1. The van der Waals surface area contributed by atoms with E-state index in [1.807, 2.05) is 24.3 Å². The van der Waals surface area contributed by atoms with Gasteiger partial charge in [-0.15, -0.1) is 0 Å². The van der Waals surface area contributed by atoms with Crippen LogP contribution in [-0.4, -0.2) is 124 Å². The summed E-state index contributed by atoms with van der Waals surface area (Å²) in [5, 5.41) is 95.2. The number of carbonyl (C=O) groups is 2. The minimum absolute atomic E-state index is 0.0214. The van der Waals surface area contributed by atoms with Crippen LogP contribution >= 0.6 is 0 Å². The Labute approximate surface area is 565 Å². The fourth-order valence-electron chi connectivity index (χ4n) is 16.1. The zero-order valence-electron chi connectivity index (χ0n) is 58.9. The van der Waals surface area contributed by atoms with Crippen LogP contribution in [0.3, 0.4) is 0 Å². The molecule has 0 fully saturated rings. The maximum atomic E-state index is 14.0. The Morgan fingerprint density at radius 1 is 0.301 bits per heavy atom. The maximum absolute atomic E-state index is 14.0. The highest BCUT2D eigenvalue weighted by molar-refractivity contribution is 6.02. The molecule has 0 heterocycles. The van der Waals surface area contributed by atoms with Crippen LogP contribution < -0.4 is 5.32 Å². The number of aliphatic hydroxyl groups is 9. The lowest BCUT2D eigenvalue weighted by atomic mass is 9.70. The van der Waals surface area contributed by atoms with E-state index in [0.29, 0.717) is 25.2 Å². The third-order valence-corrected chi connectivity index (χ3v) is 21.6. The zero-order valence-corrected chi connectivity index (χ0v) is 58.9. The van der Waals surface area contributed by atoms with E-state index in [4.69, 9.17) is 4.74 Å². The lowest BCUT2D eigenvalue weighted by Gasteiger charge is -2.35. The molecule has 0 aromatic heterocycles. The van der Waals surface area contributed by atoms with Gasteiger partial charge in [0.1, 0.15) is 12.4 Å². The van der Waals surface area contributed by atoms with Crippen molar-refractivity contribution in [1.29, 1.82) is 0 Å². The number of unbranched alkanes of at least 4 members (excludes halogenated alkanes) is 19. The van der Waals surface area contributed by atoms with Gasteiger partial charge in [0.25, 0.3) is 0 Å². The van der Waals surface area contributed by atoms with E-state index in [2.05, 4.69) is 35.6 Å². The number of ether oxygens (including phenoxy) is 1. The van der Waals surface area contributed by atoms with Crippen molar-refractivity contribution in [3.63, 3.8) is 0 Å². The number of benzene rings is 3. The molecule has 0 aliphatic carbocycles. The number of amides is 1. The van der Waals surface area contributed by atoms with Crippen molar-refractivity contribution in [3.8, 4) is 0 Å². The highest BCUT2D eigenvalue weighted by Gasteiger charge is 2.32. The van der Waals surface area contributed by atoms with Gasteiger partial charge in [0.15, 0.2) is 0 Å². The molecule has 0 unspecified atom stereocenters. The number of fused-ring (bicyclic) bond motifs is 2. The van der Waals surface area contributed by atoms with Crippen LogP contribution in [0.2, 0.25) is 0 Å². The molecule has 0 bridgehead atoms. The first kappa shape index (κ1) is 84.0. The predicted octanol–water partition coefficient (Wildman–Crippen LogP) is 17.8. The van der Waals surface area contributed by atoms with Crippen molar-refractivity contribution in [1.82, 2.24) is 5.32 Å². The van der Waals surface area contributed by atoms with Gasteiger partial charge < -0.3 is 56.0 Å². The molecule has 0 aliphatic heterocycles. The number of nitrogens with one attached hydrogen (secondary N) is 1. The van der Waals surface area contributed by atoms with Crippen molar-refractivity contribution in [2.75, 3.05) is 66.0 Å². The highest BCUT2D eigenvalue weighted by atomic mass is 16.5. The van der Waals surface area contributed by atoms with Gasteiger partial charge in [0.05, 0.1) is 0 Å². The molecule has 0 atom stereocenters. The normalized spacial score (nSPS) is 12.4. The molecule has 0 aliphatic rings. The molecule has 93 heavy (non-hydrogen) atoms. The summed E-state index contributed by atoms with van der Waals surface area (Å²) in [6.07, 6.45) is 48.3. The maximum Gasteiger partial charge on any atom is 0.407 e. The van der Waals surface area contributed by atoms with Gasteiger partial charge in [-0.25, -0.2) is 4.79 Å². The predicted molar refractivity (Wildman–Crippen MR) is 384 cm³/mol. The van der Waals surface area contributed by atoms with Gasteiger partial charge in [0, 0.05) is 84.4 Å². The summed E-state index contributed by atoms with van der Waals surface area (Å²) in [6.45, 7) is 2.24. The summed E-state index contributed by atoms with van der Waals surface area (Å²) in [6, 6.07) is 18.6. The molecule has 0 saturated heterocycles. The van der Waals surface area contributed by atoms with Gasteiger partial charge in [-0.1, -0.05) is 183 Å². The monoisotopic (exact) mass is 1310 g/mol. The first-order chi connectivity index (χ1) is 45.5. The van der Waals surface area contributed by atoms with Crippen molar-refractivity contribution in [3.05, 3.63) is 60.2 Å². The van der Waals surface area contributed by atoms with E-state index >= 15 is 0 Å².